The molecule has 0 saturated carbocycles. The molecule has 3 rings (SSSR count). The van der Waals surface area contributed by atoms with E-state index in [1.54, 1.807) is 49.6 Å². The van der Waals surface area contributed by atoms with Crippen LogP contribution in [0.1, 0.15) is 12.5 Å². The topological polar surface area (TPSA) is 79.4 Å². The highest BCUT2D eigenvalue weighted by Crippen LogP contribution is 2.21. The lowest BCUT2D eigenvalue weighted by Crippen LogP contribution is -2.40. The Balaban J connectivity index is 1.73. The van der Waals surface area contributed by atoms with Gasteiger partial charge >= 0.3 is 0 Å². The number of rotatable bonds is 7. The van der Waals surface area contributed by atoms with Crippen LogP contribution in [0, 0.1) is 0 Å². The van der Waals surface area contributed by atoms with Crippen molar-refractivity contribution in [2.75, 3.05) is 13.1 Å². The van der Waals surface area contributed by atoms with Gasteiger partial charge in [-0.1, -0.05) is 37.3 Å². The van der Waals surface area contributed by atoms with E-state index in [4.69, 9.17) is 0 Å². The molecule has 6 nitrogen and oxygen atoms in total. The summed E-state index contributed by atoms with van der Waals surface area (Å²) in [4.78, 5) is 16.3. The normalized spacial score (nSPS) is 11.6. The van der Waals surface area contributed by atoms with Gasteiger partial charge in [0.2, 0.25) is 15.9 Å². The number of likely N-dealkylation sites (N-methyl/N-ethyl adjacent to an activating group) is 1. The molecule has 27 heavy (non-hydrogen) atoms. The summed E-state index contributed by atoms with van der Waals surface area (Å²) in [6.45, 7) is 2.03. The van der Waals surface area contributed by atoms with Gasteiger partial charge in [0.25, 0.3) is 0 Å². The van der Waals surface area contributed by atoms with Crippen LogP contribution in [0.2, 0.25) is 0 Å². The maximum Gasteiger partial charge on any atom is 0.243 e. The molecule has 0 fully saturated rings. The fraction of sp³-hybridized carbons (Fsp3) is 0.200. The van der Waals surface area contributed by atoms with Crippen LogP contribution < -0.4 is 5.32 Å². The van der Waals surface area contributed by atoms with E-state index in [9.17, 15) is 13.2 Å². The van der Waals surface area contributed by atoms with Gasteiger partial charge < -0.3 is 5.32 Å². The van der Waals surface area contributed by atoms with E-state index in [1.165, 1.54) is 4.31 Å². The van der Waals surface area contributed by atoms with Gasteiger partial charge in [0.15, 0.2) is 0 Å². The Hall–Kier alpha value is -2.77. The van der Waals surface area contributed by atoms with Gasteiger partial charge in [0.1, 0.15) is 0 Å². The van der Waals surface area contributed by atoms with E-state index < -0.39 is 10.0 Å². The Labute approximate surface area is 158 Å². The minimum Gasteiger partial charge on any atom is -0.351 e. The second-order valence-electron chi connectivity index (χ2n) is 6.07. The zero-order valence-electron chi connectivity index (χ0n) is 15.0. The third-order valence-corrected chi connectivity index (χ3v) is 6.19. The van der Waals surface area contributed by atoms with Crippen LogP contribution in [0.4, 0.5) is 0 Å². The highest BCUT2D eigenvalue weighted by Gasteiger charge is 2.25. The third-order valence-electron chi connectivity index (χ3n) is 4.27. The molecule has 3 aromatic rings. The second-order valence-corrected chi connectivity index (χ2v) is 8.01. The molecule has 7 heteroatoms. The van der Waals surface area contributed by atoms with Gasteiger partial charge in [0, 0.05) is 25.5 Å². The first-order valence-electron chi connectivity index (χ1n) is 8.65. The molecule has 2 aromatic carbocycles. The number of benzene rings is 2. The number of hydrogen-bond donors (Lipinski definition) is 1. The second kappa shape index (κ2) is 8.28. The van der Waals surface area contributed by atoms with Gasteiger partial charge in [0.05, 0.1) is 11.4 Å². The standard InChI is InChI=1S/C20H21N3O3S/c1-2-23(15-20(24)22-14-16-9-11-21-12-10-16)27(25,26)19-8-7-17-5-3-4-6-18(17)13-19/h3-13H,2,14-15H2,1H3,(H,22,24). The van der Waals surface area contributed by atoms with Gasteiger partial charge in [-0.05, 0) is 40.6 Å². The lowest BCUT2D eigenvalue weighted by Gasteiger charge is -2.20. The quantitative estimate of drug-likeness (QED) is 0.680. The summed E-state index contributed by atoms with van der Waals surface area (Å²) < 4.78 is 27.1. The van der Waals surface area contributed by atoms with Crippen molar-refractivity contribution in [2.24, 2.45) is 0 Å². The molecule has 0 aliphatic rings. The molecule has 0 radical (unpaired) electrons. The van der Waals surface area contributed by atoms with Gasteiger partial charge in [-0.3, -0.25) is 9.78 Å². The first-order chi connectivity index (χ1) is 13.0. The number of hydrogen-bond acceptors (Lipinski definition) is 4. The number of pyridine rings is 1. The monoisotopic (exact) mass is 383 g/mol. The molecule has 0 spiro atoms. The highest BCUT2D eigenvalue weighted by atomic mass is 32.2. The van der Waals surface area contributed by atoms with E-state index in [0.29, 0.717) is 6.54 Å². The molecule has 0 bridgehead atoms. The Morgan fingerprint density at radius 3 is 2.44 bits per heavy atom. The Kier molecular flexibility index (Phi) is 5.83. The maximum absolute atomic E-state index is 13.0. The average molecular weight is 383 g/mol. The summed E-state index contributed by atoms with van der Waals surface area (Å²) in [5.74, 6) is -0.349. The minimum atomic E-state index is -3.76. The summed E-state index contributed by atoms with van der Waals surface area (Å²) >= 11 is 0. The summed E-state index contributed by atoms with van der Waals surface area (Å²) in [6.07, 6.45) is 3.29. The summed E-state index contributed by atoms with van der Waals surface area (Å²) in [6, 6.07) is 16.1. The van der Waals surface area contributed by atoms with Crippen molar-refractivity contribution in [3.05, 3.63) is 72.6 Å². The van der Waals surface area contributed by atoms with Crippen molar-refractivity contribution in [1.29, 1.82) is 0 Å². The van der Waals surface area contributed by atoms with Crippen molar-refractivity contribution < 1.29 is 13.2 Å². The fourth-order valence-electron chi connectivity index (χ4n) is 2.76. The molecule has 0 atom stereocenters. The minimum absolute atomic E-state index is 0.185. The molecule has 0 aliphatic heterocycles. The Morgan fingerprint density at radius 2 is 1.74 bits per heavy atom. The van der Waals surface area contributed by atoms with Crippen LogP contribution in [0.15, 0.2) is 71.9 Å². The SMILES string of the molecule is CCN(CC(=O)NCc1ccncc1)S(=O)(=O)c1ccc2ccccc2c1. The number of aromatic nitrogens is 1. The van der Waals surface area contributed by atoms with Gasteiger partial charge in [-0.25, -0.2) is 8.42 Å². The van der Waals surface area contributed by atoms with E-state index in [0.717, 1.165) is 16.3 Å². The molecular formula is C20H21N3O3S. The molecule has 1 N–H and O–H groups in total. The number of nitrogens with zero attached hydrogens (tertiary/aromatic N) is 2. The van der Waals surface area contributed by atoms with Crippen LogP contribution >= 0.6 is 0 Å². The number of amides is 1. The number of carbonyl (C=O) groups excluding carboxylic acids is 1. The molecule has 1 amide bonds. The first-order valence-corrected chi connectivity index (χ1v) is 10.1. The van der Waals surface area contributed by atoms with Crippen molar-refractivity contribution in [1.82, 2.24) is 14.6 Å². The molecular weight excluding hydrogens is 362 g/mol. The van der Waals surface area contributed by atoms with Crippen LogP contribution in [0.25, 0.3) is 10.8 Å². The van der Waals surface area contributed by atoms with Crippen LogP contribution in [0.5, 0.6) is 0 Å². The lowest BCUT2D eigenvalue weighted by molar-refractivity contribution is -0.121. The van der Waals surface area contributed by atoms with Crippen molar-refractivity contribution in [3.63, 3.8) is 0 Å². The van der Waals surface area contributed by atoms with Crippen LogP contribution in [-0.4, -0.2) is 36.7 Å². The summed E-state index contributed by atoms with van der Waals surface area (Å²) in [7, 11) is -3.76. The van der Waals surface area contributed by atoms with Crippen LogP contribution in [0.3, 0.4) is 0 Å². The molecule has 0 saturated heterocycles. The zero-order valence-corrected chi connectivity index (χ0v) is 15.8. The smallest absolute Gasteiger partial charge is 0.243 e. The van der Waals surface area contributed by atoms with Crippen molar-refractivity contribution in [3.8, 4) is 0 Å². The molecule has 1 aromatic heterocycles. The van der Waals surface area contributed by atoms with Crippen LogP contribution in [-0.2, 0) is 21.4 Å². The summed E-state index contributed by atoms with van der Waals surface area (Å²) in [5, 5.41) is 4.56. The maximum atomic E-state index is 13.0. The largest absolute Gasteiger partial charge is 0.351 e. The third kappa shape index (κ3) is 4.50. The molecule has 140 valence electrons. The van der Waals surface area contributed by atoms with Gasteiger partial charge in [-0.15, -0.1) is 0 Å². The van der Waals surface area contributed by atoms with Gasteiger partial charge in [-0.2, -0.15) is 4.31 Å². The lowest BCUT2D eigenvalue weighted by atomic mass is 10.1. The summed E-state index contributed by atoms with van der Waals surface area (Å²) in [5.41, 5.74) is 0.902. The van der Waals surface area contributed by atoms with E-state index in [2.05, 4.69) is 10.3 Å². The number of nitrogens with one attached hydrogen (secondary N) is 1. The Bertz CT molecular complexity index is 1040. The van der Waals surface area contributed by atoms with Crippen molar-refractivity contribution >= 4 is 26.7 Å². The number of carbonyl (C=O) groups is 1. The number of fused-ring (bicyclic) bond motifs is 1. The number of sulfonamides is 1. The van der Waals surface area contributed by atoms with Crippen molar-refractivity contribution in [2.45, 2.75) is 18.4 Å². The molecule has 0 unspecified atom stereocenters. The fourth-order valence-corrected chi connectivity index (χ4v) is 4.20. The zero-order chi connectivity index (χ0) is 19.3. The predicted octanol–water partition coefficient (Wildman–Crippen LogP) is 2.56. The molecule has 1 heterocycles. The first kappa shape index (κ1) is 19.0. The Morgan fingerprint density at radius 1 is 1.04 bits per heavy atom. The highest BCUT2D eigenvalue weighted by molar-refractivity contribution is 7.89. The van der Waals surface area contributed by atoms with E-state index in [1.807, 2.05) is 24.3 Å². The average Bonchev–Trinajstić information content (AvgIpc) is 2.70. The van der Waals surface area contributed by atoms with E-state index in [-0.39, 0.29) is 23.9 Å². The molecule has 0 aliphatic carbocycles. The van der Waals surface area contributed by atoms with E-state index >= 15 is 0 Å². The predicted molar refractivity (Wildman–Crippen MR) is 104 cm³/mol.